The van der Waals surface area contributed by atoms with Crippen molar-refractivity contribution in [2.75, 3.05) is 11.9 Å². The molecule has 38 heavy (non-hydrogen) atoms. The molecular formula is C35H25F2N. The molecule has 1 nitrogen and oxygen atoms in total. The lowest BCUT2D eigenvalue weighted by molar-refractivity contribution is 0.618. The van der Waals surface area contributed by atoms with Gasteiger partial charge in [-0.15, -0.1) is 0 Å². The first-order valence-electron chi connectivity index (χ1n) is 12.6. The van der Waals surface area contributed by atoms with Gasteiger partial charge in [0.25, 0.3) is 0 Å². The first-order chi connectivity index (χ1) is 18.6. The Labute approximate surface area is 221 Å². The van der Waals surface area contributed by atoms with Crippen LogP contribution in [0.5, 0.6) is 0 Å². The van der Waals surface area contributed by atoms with E-state index in [1.807, 2.05) is 60.7 Å². The molecule has 6 aromatic rings. The normalized spacial score (nSPS) is 11.0. The molecule has 0 saturated carbocycles. The zero-order valence-corrected chi connectivity index (χ0v) is 20.9. The number of anilines is 2. The van der Waals surface area contributed by atoms with E-state index < -0.39 is 11.6 Å². The third-order valence-electron chi connectivity index (χ3n) is 6.99. The van der Waals surface area contributed by atoms with E-state index in [0.717, 1.165) is 27.8 Å². The Morgan fingerprint density at radius 3 is 1.97 bits per heavy atom. The Kier molecular flexibility index (Phi) is 6.19. The number of hydrogen-bond donors (Lipinski definition) is 0. The Morgan fingerprint density at radius 1 is 0.474 bits per heavy atom. The van der Waals surface area contributed by atoms with Crippen LogP contribution in [0.2, 0.25) is 0 Å². The standard InChI is InChI=1S/C35H25F2N/c1-38(34-20-8-7-19-32(34)36)35-31(25-11-3-2-4-12-25)22-28(23-33(35)37)26-15-9-16-27(21-26)30-18-10-14-24-13-5-6-17-29(24)30/h2-23H,1H3. The van der Waals surface area contributed by atoms with Gasteiger partial charge in [0.05, 0.1) is 11.4 Å². The van der Waals surface area contributed by atoms with Crippen molar-refractivity contribution in [2.24, 2.45) is 0 Å². The van der Waals surface area contributed by atoms with Crippen molar-refractivity contribution in [3.8, 4) is 33.4 Å². The van der Waals surface area contributed by atoms with Gasteiger partial charge in [0, 0.05) is 12.6 Å². The number of nitrogens with zero attached hydrogens (tertiary/aromatic N) is 1. The highest BCUT2D eigenvalue weighted by Crippen LogP contribution is 2.41. The molecule has 3 heteroatoms. The van der Waals surface area contributed by atoms with Crippen molar-refractivity contribution in [3.05, 3.63) is 145 Å². The molecule has 0 heterocycles. The van der Waals surface area contributed by atoms with Crippen LogP contribution >= 0.6 is 0 Å². The zero-order valence-electron chi connectivity index (χ0n) is 20.9. The second kappa shape index (κ2) is 9.95. The summed E-state index contributed by atoms with van der Waals surface area (Å²) in [5.41, 5.74) is 6.06. The van der Waals surface area contributed by atoms with Crippen LogP contribution in [0.15, 0.2) is 133 Å². The molecule has 0 bridgehead atoms. The summed E-state index contributed by atoms with van der Waals surface area (Å²) in [6, 6.07) is 42.4. The second-order valence-corrected chi connectivity index (χ2v) is 9.34. The van der Waals surface area contributed by atoms with Gasteiger partial charge in [0.15, 0.2) is 0 Å². The van der Waals surface area contributed by atoms with Gasteiger partial charge in [0.2, 0.25) is 0 Å². The van der Waals surface area contributed by atoms with E-state index in [1.54, 1.807) is 36.2 Å². The Balaban J connectivity index is 1.51. The van der Waals surface area contributed by atoms with Crippen molar-refractivity contribution in [3.63, 3.8) is 0 Å². The van der Waals surface area contributed by atoms with Crippen molar-refractivity contribution < 1.29 is 8.78 Å². The van der Waals surface area contributed by atoms with Gasteiger partial charge < -0.3 is 4.90 Å². The van der Waals surface area contributed by atoms with Gasteiger partial charge in [-0.1, -0.05) is 103 Å². The maximum atomic E-state index is 16.0. The third kappa shape index (κ3) is 4.33. The maximum absolute atomic E-state index is 16.0. The van der Waals surface area contributed by atoms with Gasteiger partial charge >= 0.3 is 0 Å². The Morgan fingerprint density at radius 2 is 1.13 bits per heavy atom. The molecule has 0 aromatic heterocycles. The summed E-state index contributed by atoms with van der Waals surface area (Å²) in [6.07, 6.45) is 0. The highest BCUT2D eigenvalue weighted by atomic mass is 19.1. The van der Waals surface area contributed by atoms with Crippen LogP contribution in [0.4, 0.5) is 20.2 Å². The number of hydrogen-bond acceptors (Lipinski definition) is 1. The number of para-hydroxylation sites is 1. The highest BCUT2D eigenvalue weighted by molar-refractivity contribution is 5.97. The Bertz CT molecular complexity index is 1750. The van der Waals surface area contributed by atoms with Crippen molar-refractivity contribution in [2.45, 2.75) is 0 Å². The summed E-state index contributed by atoms with van der Waals surface area (Å²) < 4.78 is 30.7. The van der Waals surface area contributed by atoms with Gasteiger partial charge in [-0.25, -0.2) is 8.78 Å². The third-order valence-corrected chi connectivity index (χ3v) is 6.99. The molecular weight excluding hydrogens is 472 g/mol. The molecule has 0 N–H and O–H groups in total. The molecule has 0 radical (unpaired) electrons. The molecule has 0 saturated heterocycles. The van der Waals surface area contributed by atoms with Crippen LogP contribution in [0.1, 0.15) is 0 Å². The average molecular weight is 498 g/mol. The largest absolute Gasteiger partial charge is 0.339 e. The molecule has 184 valence electrons. The van der Waals surface area contributed by atoms with E-state index in [9.17, 15) is 4.39 Å². The fraction of sp³-hybridized carbons (Fsp3) is 0.0286. The second-order valence-electron chi connectivity index (χ2n) is 9.34. The quantitative estimate of drug-likeness (QED) is 0.229. The molecule has 0 aliphatic rings. The van der Waals surface area contributed by atoms with E-state index in [4.69, 9.17) is 0 Å². The fourth-order valence-corrected chi connectivity index (χ4v) is 5.13. The predicted octanol–water partition coefficient (Wildman–Crippen LogP) is 9.89. The van der Waals surface area contributed by atoms with E-state index in [0.29, 0.717) is 16.9 Å². The molecule has 0 unspecified atom stereocenters. The number of fused-ring (bicyclic) bond motifs is 1. The lowest BCUT2D eigenvalue weighted by atomic mass is 9.93. The smallest absolute Gasteiger partial charge is 0.148 e. The van der Waals surface area contributed by atoms with Crippen LogP contribution in [-0.4, -0.2) is 7.05 Å². The Hall–Kier alpha value is -4.76. The average Bonchev–Trinajstić information content (AvgIpc) is 2.97. The van der Waals surface area contributed by atoms with Gasteiger partial charge in [-0.2, -0.15) is 0 Å². The molecule has 0 fully saturated rings. The van der Waals surface area contributed by atoms with Crippen molar-refractivity contribution in [1.82, 2.24) is 0 Å². The van der Waals surface area contributed by atoms with Crippen LogP contribution in [0.25, 0.3) is 44.2 Å². The van der Waals surface area contributed by atoms with Crippen LogP contribution in [0.3, 0.4) is 0 Å². The minimum atomic E-state index is -0.414. The van der Waals surface area contributed by atoms with Crippen molar-refractivity contribution in [1.29, 1.82) is 0 Å². The monoisotopic (exact) mass is 497 g/mol. The lowest BCUT2D eigenvalue weighted by Crippen LogP contribution is -2.14. The van der Waals surface area contributed by atoms with E-state index in [2.05, 4.69) is 42.5 Å². The highest BCUT2D eigenvalue weighted by Gasteiger charge is 2.20. The molecule has 0 aliphatic heterocycles. The molecule has 0 amide bonds. The minimum Gasteiger partial charge on any atom is -0.339 e. The first kappa shape index (κ1) is 23.6. The van der Waals surface area contributed by atoms with E-state index in [1.165, 1.54) is 16.8 Å². The van der Waals surface area contributed by atoms with Crippen LogP contribution < -0.4 is 4.90 Å². The summed E-state index contributed by atoms with van der Waals surface area (Å²) in [5, 5.41) is 2.35. The lowest BCUT2D eigenvalue weighted by Gasteiger charge is -2.25. The molecule has 0 aliphatic carbocycles. The number of halogens is 2. The summed E-state index contributed by atoms with van der Waals surface area (Å²) >= 11 is 0. The topological polar surface area (TPSA) is 3.24 Å². The van der Waals surface area contributed by atoms with Crippen LogP contribution in [-0.2, 0) is 0 Å². The fourth-order valence-electron chi connectivity index (χ4n) is 5.13. The number of rotatable bonds is 5. The van der Waals surface area contributed by atoms with Gasteiger partial charge in [0.1, 0.15) is 11.6 Å². The van der Waals surface area contributed by atoms with Gasteiger partial charge in [-0.3, -0.25) is 0 Å². The van der Waals surface area contributed by atoms with E-state index in [-0.39, 0.29) is 0 Å². The van der Waals surface area contributed by atoms with Crippen molar-refractivity contribution >= 4 is 22.1 Å². The summed E-state index contributed by atoms with van der Waals surface area (Å²) in [7, 11) is 1.70. The first-order valence-corrected chi connectivity index (χ1v) is 12.6. The maximum Gasteiger partial charge on any atom is 0.148 e. The zero-order chi connectivity index (χ0) is 26.1. The summed E-state index contributed by atoms with van der Waals surface area (Å²) in [4.78, 5) is 1.59. The number of benzene rings is 6. The molecule has 6 rings (SSSR count). The van der Waals surface area contributed by atoms with Crippen LogP contribution in [0, 0.1) is 11.6 Å². The SMILES string of the molecule is CN(c1ccccc1F)c1c(F)cc(-c2cccc(-c3cccc4ccccc34)c2)cc1-c1ccccc1. The summed E-state index contributed by atoms with van der Waals surface area (Å²) in [6.45, 7) is 0. The predicted molar refractivity (Wildman–Crippen MR) is 155 cm³/mol. The molecule has 6 aromatic carbocycles. The van der Waals surface area contributed by atoms with E-state index >= 15 is 4.39 Å². The molecule has 0 spiro atoms. The summed E-state index contributed by atoms with van der Waals surface area (Å²) in [5.74, 6) is -0.817. The van der Waals surface area contributed by atoms with Gasteiger partial charge in [-0.05, 0) is 68.9 Å². The minimum absolute atomic E-state index is 0.314. The molecule has 0 atom stereocenters.